The third kappa shape index (κ3) is 3.04. The number of nitrogens with zero attached hydrogens (tertiary/aromatic N) is 1. The summed E-state index contributed by atoms with van der Waals surface area (Å²) in [6, 6.07) is 6.01. The Labute approximate surface area is 109 Å². The van der Waals surface area contributed by atoms with E-state index in [2.05, 4.69) is 5.16 Å². The van der Waals surface area contributed by atoms with Gasteiger partial charge in [0.1, 0.15) is 17.1 Å². The summed E-state index contributed by atoms with van der Waals surface area (Å²) < 4.78 is 14.8. The van der Waals surface area contributed by atoms with Crippen LogP contribution >= 0.6 is 0 Å². The highest BCUT2D eigenvalue weighted by Gasteiger charge is 2.14. The van der Waals surface area contributed by atoms with Crippen LogP contribution < -0.4 is 4.74 Å². The van der Waals surface area contributed by atoms with Crippen molar-refractivity contribution in [2.24, 2.45) is 0 Å². The Morgan fingerprint density at radius 1 is 1.42 bits per heavy atom. The van der Waals surface area contributed by atoms with Crippen LogP contribution in [0, 0.1) is 6.92 Å². The maximum absolute atomic E-state index is 11.8. The number of phenolic OH excluding ortho intramolecular Hbond substituents is 1. The molecule has 0 saturated heterocycles. The van der Waals surface area contributed by atoms with E-state index in [9.17, 15) is 9.90 Å². The van der Waals surface area contributed by atoms with Crippen molar-refractivity contribution >= 4 is 5.97 Å². The number of aromatic nitrogens is 1. The molecule has 1 aromatic carbocycles. The molecule has 0 fully saturated rings. The molecule has 0 radical (unpaired) electrons. The van der Waals surface area contributed by atoms with Crippen molar-refractivity contribution in [1.29, 1.82) is 0 Å². The highest BCUT2D eigenvalue weighted by atomic mass is 16.5. The molecule has 6 heteroatoms. The Balaban J connectivity index is 2.03. The molecule has 1 heterocycles. The zero-order valence-corrected chi connectivity index (χ0v) is 10.5. The summed E-state index contributed by atoms with van der Waals surface area (Å²) in [5.41, 5.74) is 0.774. The standard InChI is InChI=1S/C13H13NO5/c1-8-5-10(19-14-8)7-18-13(16)11-4-3-9(17-2)6-12(11)15/h3-6,15H,7H2,1-2H3. The predicted octanol–water partition coefficient (Wildman–Crippen LogP) is 2.05. The minimum absolute atomic E-state index is 0.0366. The summed E-state index contributed by atoms with van der Waals surface area (Å²) in [4.78, 5) is 11.8. The van der Waals surface area contributed by atoms with Gasteiger partial charge in [0.2, 0.25) is 0 Å². The number of hydrogen-bond acceptors (Lipinski definition) is 6. The molecule has 2 aromatic rings. The summed E-state index contributed by atoms with van der Waals surface area (Å²) in [6.07, 6.45) is 0. The number of ether oxygens (including phenoxy) is 2. The van der Waals surface area contributed by atoms with Gasteiger partial charge in [-0.25, -0.2) is 4.79 Å². The van der Waals surface area contributed by atoms with Crippen LogP contribution in [0.15, 0.2) is 28.8 Å². The average molecular weight is 263 g/mol. The van der Waals surface area contributed by atoms with Gasteiger partial charge in [0, 0.05) is 12.1 Å². The Morgan fingerprint density at radius 3 is 2.79 bits per heavy atom. The molecule has 100 valence electrons. The molecule has 0 spiro atoms. The molecule has 0 aliphatic heterocycles. The molecular weight excluding hydrogens is 250 g/mol. The second-order valence-electron chi connectivity index (χ2n) is 3.89. The number of phenols is 1. The number of carbonyl (C=O) groups is 1. The Hall–Kier alpha value is -2.50. The topological polar surface area (TPSA) is 81.8 Å². The van der Waals surface area contributed by atoms with Crippen LogP contribution in [0.1, 0.15) is 21.8 Å². The van der Waals surface area contributed by atoms with Gasteiger partial charge in [-0.05, 0) is 19.1 Å². The number of methoxy groups -OCH3 is 1. The first-order valence-corrected chi connectivity index (χ1v) is 5.56. The van der Waals surface area contributed by atoms with Gasteiger partial charge in [0.25, 0.3) is 0 Å². The minimum atomic E-state index is -0.644. The normalized spacial score (nSPS) is 10.2. The quantitative estimate of drug-likeness (QED) is 0.850. The predicted molar refractivity (Wildman–Crippen MR) is 65.0 cm³/mol. The number of hydrogen-bond donors (Lipinski definition) is 1. The number of aromatic hydroxyl groups is 1. The van der Waals surface area contributed by atoms with Crippen molar-refractivity contribution in [1.82, 2.24) is 5.16 Å². The first-order chi connectivity index (χ1) is 9.10. The Morgan fingerprint density at radius 2 is 2.21 bits per heavy atom. The van der Waals surface area contributed by atoms with Gasteiger partial charge in [-0.2, -0.15) is 0 Å². The molecule has 0 unspecified atom stereocenters. The minimum Gasteiger partial charge on any atom is -0.507 e. The number of carbonyl (C=O) groups excluding carboxylic acids is 1. The highest BCUT2D eigenvalue weighted by molar-refractivity contribution is 5.92. The fraction of sp³-hybridized carbons (Fsp3) is 0.231. The SMILES string of the molecule is COc1ccc(C(=O)OCc2cc(C)no2)c(O)c1. The molecule has 0 saturated carbocycles. The van der Waals surface area contributed by atoms with Crippen LogP contribution in [0.3, 0.4) is 0 Å². The van der Waals surface area contributed by atoms with Crippen molar-refractivity contribution in [2.75, 3.05) is 7.11 Å². The van der Waals surface area contributed by atoms with Gasteiger partial charge >= 0.3 is 5.97 Å². The second kappa shape index (κ2) is 5.43. The third-order valence-corrected chi connectivity index (χ3v) is 2.45. The number of rotatable bonds is 4. The van der Waals surface area contributed by atoms with Crippen molar-refractivity contribution in [3.05, 3.63) is 41.3 Å². The van der Waals surface area contributed by atoms with E-state index in [1.165, 1.54) is 19.2 Å². The molecule has 1 N–H and O–H groups in total. The summed E-state index contributed by atoms with van der Waals surface area (Å²) in [5, 5.41) is 13.4. The van der Waals surface area contributed by atoms with Crippen molar-refractivity contribution in [2.45, 2.75) is 13.5 Å². The zero-order chi connectivity index (χ0) is 13.8. The maximum atomic E-state index is 11.8. The lowest BCUT2D eigenvalue weighted by molar-refractivity contribution is 0.0434. The van der Waals surface area contributed by atoms with E-state index < -0.39 is 5.97 Å². The smallest absolute Gasteiger partial charge is 0.342 e. The molecule has 6 nitrogen and oxygen atoms in total. The summed E-state index contributed by atoms with van der Waals surface area (Å²) in [5.74, 6) is 0.0612. The fourth-order valence-electron chi connectivity index (χ4n) is 1.51. The number of esters is 1. The maximum Gasteiger partial charge on any atom is 0.342 e. The second-order valence-corrected chi connectivity index (χ2v) is 3.89. The fourth-order valence-corrected chi connectivity index (χ4v) is 1.51. The van der Waals surface area contributed by atoms with Gasteiger partial charge in [0.05, 0.1) is 12.8 Å². The Kier molecular flexibility index (Phi) is 3.70. The molecule has 0 atom stereocenters. The molecule has 2 rings (SSSR count). The first-order valence-electron chi connectivity index (χ1n) is 5.56. The molecule has 0 aliphatic carbocycles. The third-order valence-electron chi connectivity index (χ3n) is 2.45. The molecular formula is C13H13NO5. The van der Waals surface area contributed by atoms with E-state index in [-0.39, 0.29) is 17.9 Å². The monoisotopic (exact) mass is 263 g/mol. The van der Waals surface area contributed by atoms with Gasteiger partial charge in [-0.1, -0.05) is 5.16 Å². The molecule has 19 heavy (non-hydrogen) atoms. The first kappa shape index (κ1) is 12.9. The summed E-state index contributed by atoms with van der Waals surface area (Å²) in [7, 11) is 1.47. The lowest BCUT2D eigenvalue weighted by atomic mass is 10.2. The van der Waals surface area contributed by atoms with Gasteiger partial charge < -0.3 is 19.1 Å². The van der Waals surface area contributed by atoms with Gasteiger partial charge in [-0.3, -0.25) is 0 Å². The van der Waals surface area contributed by atoms with Crippen LogP contribution in [-0.4, -0.2) is 23.3 Å². The largest absolute Gasteiger partial charge is 0.507 e. The van der Waals surface area contributed by atoms with Crippen molar-refractivity contribution in [3.63, 3.8) is 0 Å². The van der Waals surface area contributed by atoms with E-state index in [4.69, 9.17) is 14.0 Å². The van der Waals surface area contributed by atoms with Crippen molar-refractivity contribution in [3.8, 4) is 11.5 Å². The average Bonchev–Trinajstić information content (AvgIpc) is 2.81. The van der Waals surface area contributed by atoms with E-state index in [0.29, 0.717) is 17.2 Å². The molecule has 0 bridgehead atoms. The highest BCUT2D eigenvalue weighted by Crippen LogP contribution is 2.24. The molecule has 0 aliphatic rings. The van der Waals surface area contributed by atoms with Crippen LogP contribution in [-0.2, 0) is 11.3 Å². The van der Waals surface area contributed by atoms with Crippen LogP contribution in [0.5, 0.6) is 11.5 Å². The van der Waals surface area contributed by atoms with Gasteiger partial charge in [0.15, 0.2) is 12.4 Å². The lowest BCUT2D eigenvalue weighted by Gasteiger charge is -2.06. The van der Waals surface area contributed by atoms with E-state index in [1.807, 2.05) is 0 Å². The van der Waals surface area contributed by atoms with E-state index >= 15 is 0 Å². The summed E-state index contributed by atoms with van der Waals surface area (Å²) >= 11 is 0. The van der Waals surface area contributed by atoms with Crippen LogP contribution in [0.25, 0.3) is 0 Å². The van der Waals surface area contributed by atoms with E-state index in [0.717, 1.165) is 0 Å². The Bertz CT molecular complexity index is 590. The van der Waals surface area contributed by atoms with Crippen LogP contribution in [0.2, 0.25) is 0 Å². The van der Waals surface area contributed by atoms with Gasteiger partial charge in [-0.15, -0.1) is 0 Å². The zero-order valence-electron chi connectivity index (χ0n) is 10.5. The lowest BCUT2D eigenvalue weighted by Crippen LogP contribution is -2.05. The molecule has 1 aromatic heterocycles. The van der Waals surface area contributed by atoms with E-state index in [1.54, 1.807) is 19.1 Å². The van der Waals surface area contributed by atoms with Crippen molar-refractivity contribution < 1.29 is 23.9 Å². The number of benzene rings is 1. The number of aryl methyl sites for hydroxylation is 1. The molecule has 0 amide bonds. The van der Waals surface area contributed by atoms with Crippen LogP contribution in [0.4, 0.5) is 0 Å². The summed E-state index contributed by atoms with van der Waals surface area (Å²) in [6.45, 7) is 1.73.